The van der Waals surface area contributed by atoms with Gasteiger partial charge in [0.05, 0.1) is 13.2 Å². The van der Waals surface area contributed by atoms with Crippen LogP contribution in [0.4, 0.5) is 0 Å². The van der Waals surface area contributed by atoms with Crippen LogP contribution >= 0.6 is 0 Å². The first-order valence-corrected chi connectivity index (χ1v) is 11.8. The molecule has 0 bridgehead atoms. The smallest absolute Gasteiger partial charge is 0.168 e. The molecule has 0 amide bonds. The second-order valence-electron chi connectivity index (χ2n) is 10.8. The van der Waals surface area contributed by atoms with Crippen LogP contribution in [0.5, 0.6) is 0 Å². The molecule has 5 atom stereocenters. The summed E-state index contributed by atoms with van der Waals surface area (Å²) in [5, 5.41) is 0. The summed E-state index contributed by atoms with van der Waals surface area (Å²) in [6, 6.07) is 0. The molecule has 3 nitrogen and oxygen atoms in total. The minimum Gasteiger partial charge on any atom is -0.349 e. The Morgan fingerprint density at radius 2 is 1.68 bits per heavy atom. The van der Waals surface area contributed by atoms with E-state index in [0.717, 1.165) is 45.3 Å². The summed E-state index contributed by atoms with van der Waals surface area (Å²) < 4.78 is 12.6. The summed E-state index contributed by atoms with van der Waals surface area (Å²) in [5.74, 6) is 2.90. The van der Waals surface area contributed by atoms with Gasteiger partial charge in [-0.05, 0) is 55.8 Å². The largest absolute Gasteiger partial charge is 0.349 e. The fourth-order valence-electron chi connectivity index (χ4n) is 6.91. The van der Waals surface area contributed by atoms with E-state index < -0.39 is 0 Å². The molecule has 4 fully saturated rings. The van der Waals surface area contributed by atoms with Crippen LogP contribution in [-0.2, 0) is 14.3 Å². The van der Waals surface area contributed by atoms with Gasteiger partial charge >= 0.3 is 0 Å². The molecule has 4 aliphatic carbocycles. The first-order chi connectivity index (χ1) is 13.3. The molecule has 1 saturated heterocycles. The van der Waals surface area contributed by atoms with Gasteiger partial charge in [0.15, 0.2) is 5.79 Å². The summed E-state index contributed by atoms with van der Waals surface area (Å²) in [6.07, 6.45) is 11.3. The lowest BCUT2D eigenvalue weighted by Gasteiger charge is -2.54. The Morgan fingerprint density at radius 3 is 2.39 bits per heavy atom. The zero-order valence-corrected chi connectivity index (χ0v) is 18.7. The number of Topliss-reactive ketones (excluding diaryl/α,β-unsaturated/α-hetero) is 1. The number of rotatable bonds is 0. The summed E-state index contributed by atoms with van der Waals surface area (Å²) in [7, 11) is 0. The Balaban J connectivity index is 0.000000932. The van der Waals surface area contributed by atoms with Crippen molar-refractivity contribution in [3.05, 3.63) is 11.6 Å². The Morgan fingerprint density at radius 1 is 0.964 bits per heavy atom. The van der Waals surface area contributed by atoms with Gasteiger partial charge in [-0.25, -0.2) is 0 Å². The van der Waals surface area contributed by atoms with Crippen LogP contribution in [0.1, 0.15) is 86.0 Å². The first kappa shape index (κ1) is 20.6. The minimum absolute atomic E-state index is 0.0575. The number of hydrogen-bond acceptors (Lipinski definition) is 3. The van der Waals surface area contributed by atoms with Gasteiger partial charge in [0.1, 0.15) is 5.78 Å². The van der Waals surface area contributed by atoms with E-state index in [0.29, 0.717) is 29.5 Å². The molecule has 5 rings (SSSR count). The highest BCUT2D eigenvalue weighted by atomic mass is 16.7. The number of fused-ring (bicyclic) bond motifs is 5. The van der Waals surface area contributed by atoms with Crippen LogP contribution < -0.4 is 0 Å². The fourth-order valence-corrected chi connectivity index (χ4v) is 6.91. The topological polar surface area (TPSA) is 35.5 Å². The highest BCUT2D eigenvalue weighted by Crippen LogP contribution is 2.60. The van der Waals surface area contributed by atoms with Crippen molar-refractivity contribution >= 4 is 5.78 Å². The predicted molar refractivity (Wildman–Crippen MR) is 112 cm³/mol. The van der Waals surface area contributed by atoms with E-state index in [-0.39, 0.29) is 16.6 Å². The molecule has 158 valence electrons. The summed E-state index contributed by atoms with van der Waals surface area (Å²) in [5.41, 5.74) is 1.80. The number of allylic oxidation sites excluding steroid dienone is 2. The van der Waals surface area contributed by atoms with E-state index in [9.17, 15) is 4.79 Å². The standard InChI is InChI=1S/C23H34O3.C2H6/c1-21(2)13-25-23(26-14-21)11-9-16-15(12-23)4-5-18-17(16)8-10-22(3)19(18)6-7-20(22)24;1-2/h8,15-16,18-19H,4-7,9-14H2,1-3H3;1-2H3. The molecular weight excluding hydrogens is 348 g/mol. The van der Waals surface area contributed by atoms with E-state index in [1.807, 2.05) is 13.8 Å². The second-order valence-corrected chi connectivity index (χ2v) is 10.8. The average Bonchev–Trinajstić information content (AvgIpc) is 3.01. The molecule has 0 aromatic rings. The Labute approximate surface area is 171 Å². The van der Waals surface area contributed by atoms with E-state index in [4.69, 9.17) is 9.47 Å². The molecule has 0 N–H and O–H groups in total. The molecule has 0 radical (unpaired) electrons. The second kappa shape index (κ2) is 7.23. The molecule has 1 spiro atoms. The van der Waals surface area contributed by atoms with Gasteiger partial charge in [-0.15, -0.1) is 0 Å². The molecule has 28 heavy (non-hydrogen) atoms. The van der Waals surface area contributed by atoms with Crippen molar-refractivity contribution in [1.29, 1.82) is 0 Å². The number of carbonyl (C=O) groups excluding carboxylic acids is 1. The Kier molecular flexibility index (Phi) is 5.32. The van der Waals surface area contributed by atoms with Gasteiger partial charge in [-0.2, -0.15) is 0 Å². The fraction of sp³-hybridized carbons (Fsp3) is 0.880. The Hall–Kier alpha value is -0.670. The highest BCUT2D eigenvalue weighted by molar-refractivity contribution is 5.87. The van der Waals surface area contributed by atoms with Gasteiger partial charge in [0, 0.05) is 30.1 Å². The molecule has 5 aliphatic rings. The van der Waals surface area contributed by atoms with Crippen molar-refractivity contribution in [2.75, 3.05) is 13.2 Å². The van der Waals surface area contributed by atoms with Crippen LogP contribution in [0.15, 0.2) is 11.6 Å². The molecule has 1 heterocycles. The third-order valence-corrected chi connectivity index (χ3v) is 8.52. The highest BCUT2D eigenvalue weighted by Gasteiger charge is 2.56. The van der Waals surface area contributed by atoms with Crippen LogP contribution in [-0.4, -0.2) is 24.8 Å². The number of ketones is 1. The van der Waals surface area contributed by atoms with Crippen molar-refractivity contribution in [2.45, 2.75) is 91.8 Å². The minimum atomic E-state index is -0.309. The van der Waals surface area contributed by atoms with E-state index in [1.165, 1.54) is 19.3 Å². The third-order valence-electron chi connectivity index (χ3n) is 8.52. The van der Waals surface area contributed by atoms with Gasteiger partial charge in [0.2, 0.25) is 0 Å². The monoisotopic (exact) mass is 388 g/mol. The van der Waals surface area contributed by atoms with Crippen LogP contribution in [0.2, 0.25) is 0 Å². The van der Waals surface area contributed by atoms with Crippen molar-refractivity contribution in [3.8, 4) is 0 Å². The molecule has 3 saturated carbocycles. The zero-order chi connectivity index (χ0) is 20.2. The van der Waals surface area contributed by atoms with Crippen LogP contribution in [0.25, 0.3) is 0 Å². The van der Waals surface area contributed by atoms with Gasteiger partial charge in [-0.3, -0.25) is 4.79 Å². The Bertz CT molecular complexity index is 638. The van der Waals surface area contributed by atoms with E-state index in [2.05, 4.69) is 26.8 Å². The van der Waals surface area contributed by atoms with Crippen molar-refractivity contribution in [3.63, 3.8) is 0 Å². The predicted octanol–water partition coefficient (Wildman–Crippen LogP) is 5.92. The summed E-state index contributed by atoms with van der Waals surface area (Å²) in [4.78, 5) is 12.5. The maximum absolute atomic E-state index is 12.5. The van der Waals surface area contributed by atoms with Gasteiger partial charge in [0.25, 0.3) is 0 Å². The van der Waals surface area contributed by atoms with Crippen molar-refractivity contribution in [1.82, 2.24) is 0 Å². The lowest BCUT2D eigenvalue weighted by atomic mass is 9.54. The molecule has 1 aliphatic heterocycles. The van der Waals surface area contributed by atoms with Crippen LogP contribution in [0.3, 0.4) is 0 Å². The molecule has 3 heteroatoms. The first-order valence-electron chi connectivity index (χ1n) is 11.8. The molecule has 5 unspecified atom stereocenters. The van der Waals surface area contributed by atoms with Gasteiger partial charge in [-0.1, -0.05) is 46.3 Å². The van der Waals surface area contributed by atoms with E-state index >= 15 is 0 Å². The lowest BCUT2D eigenvalue weighted by Crippen LogP contribution is -2.53. The van der Waals surface area contributed by atoms with E-state index in [1.54, 1.807) is 5.57 Å². The van der Waals surface area contributed by atoms with Crippen molar-refractivity contribution < 1.29 is 14.3 Å². The SMILES string of the molecule is CC.CC1(C)COC2(CCC3C4=CCC5(C)C(=O)CCC5C4CCC3C2)OC1. The quantitative estimate of drug-likeness (QED) is 0.483. The maximum atomic E-state index is 12.5. The normalized spacial score (nSPS) is 43.2. The molecular formula is C25H40O3. The van der Waals surface area contributed by atoms with Crippen LogP contribution in [0, 0.1) is 34.5 Å². The molecule has 0 aromatic carbocycles. The number of ether oxygens (including phenoxy) is 2. The van der Waals surface area contributed by atoms with Gasteiger partial charge < -0.3 is 9.47 Å². The molecule has 0 aromatic heterocycles. The zero-order valence-electron chi connectivity index (χ0n) is 18.7. The summed E-state index contributed by atoms with van der Waals surface area (Å²) in [6.45, 7) is 12.3. The summed E-state index contributed by atoms with van der Waals surface area (Å²) >= 11 is 0. The number of carbonyl (C=O) groups is 1. The lowest BCUT2D eigenvalue weighted by molar-refractivity contribution is -0.318. The number of hydrogen-bond donors (Lipinski definition) is 0. The third kappa shape index (κ3) is 3.21. The maximum Gasteiger partial charge on any atom is 0.168 e. The average molecular weight is 389 g/mol. The van der Waals surface area contributed by atoms with Crippen molar-refractivity contribution in [2.24, 2.45) is 34.5 Å².